The summed E-state index contributed by atoms with van der Waals surface area (Å²) < 4.78 is 6.54. The van der Waals surface area contributed by atoms with Crippen molar-refractivity contribution in [1.29, 1.82) is 0 Å². The normalized spacial score (nSPS) is 10.4. The van der Waals surface area contributed by atoms with Crippen LogP contribution in [0.4, 0.5) is 5.69 Å². The number of halogens is 1. The minimum absolute atomic E-state index is 0.473. The average Bonchev–Trinajstić information content (AvgIpc) is 2.66. The van der Waals surface area contributed by atoms with Gasteiger partial charge in [-0.3, -0.25) is 0 Å². The minimum atomic E-state index is 0.473. The molecule has 0 bridgehead atoms. The van der Waals surface area contributed by atoms with Crippen LogP contribution < -0.4 is 10.5 Å². The van der Waals surface area contributed by atoms with E-state index in [9.17, 15) is 0 Å². The summed E-state index contributed by atoms with van der Waals surface area (Å²) in [5.41, 5.74) is 7.40. The lowest BCUT2D eigenvalue weighted by molar-refractivity contribution is 0.303. The number of nitrogens with zero attached hydrogens (tertiary/aromatic N) is 1. The van der Waals surface area contributed by atoms with Gasteiger partial charge in [-0.2, -0.15) is 0 Å². The Hall–Kier alpha value is -1.07. The molecule has 0 saturated carbocycles. The summed E-state index contributed by atoms with van der Waals surface area (Å²) in [6.45, 7) is 2.44. The van der Waals surface area contributed by atoms with E-state index in [-0.39, 0.29) is 0 Å². The van der Waals surface area contributed by atoms with Crippen molar-refractivity contribution in [3.05, 3.63) is 38.8 Å². The molecule has 84 valence electrons. The molecule has 2 N–H and O–H groups in total. The van der Waals surface area contributed by atoms with E-state index in [0.29, 0.717) is 12.3 Å². The fourth-order valence-electron chi connectivity index (χ4n) is 1.24. The van der Waals surface area contributed by atoms with Gasteiger partial charge in [0.05, 0.1) is 4.47 Å². The molecular weight excluding hydrogens is 288 g/mol. The number of nitrogens with two attached hydrogens (primary N) is 1. The van der Waals surface area contributed by atoms with E-state index in [1.165, 1.54) is 0 Å². The third-order valence-electron chi connectivity index (χ3n) is 1.97. The summed E-state index contributed by atoms with van der Waals surface area (Å²) in [4.78, 5) is 4.32. The molecule has 0 unspecified atom stereocenters. The van der Waals surface area contributed by atoms with Crippen LogP contribution >= 0.6 is 27.3 Å². The molecule has 0 atom stereocenters. The molecular formula is C11H11BrN2OS. The first kappa shape index (κ1) is 11.4. The molecule has 0 saturated heterocycles. The van der Waals surface area contributed by atoms with Crippen LogP contribution in [-0.4, -0.2) is 4.98 Å². The van der Waals surface area contributed by atoms with E-state index in [2.05, 4.69) is 20.9 Å². The summed E-state index contributed by atoms with van der Waals surface area (Å²) in [7, 11) is 0. The highest BCUT2D eigenvalue weighted by atomic mass is 79.9. The number of hydrogen-bond donors (Lipinski definition) is 1. The summed E-state index contributed by atoms with van der Waals surface area (Å²) >= 11 is 5.01. The molecule has 0 aliphatic heterocycles. The van der Waals surface area contributed by atoms with Crippen molar-refractivity contribution in [1.82, 2.24) is 4.98 Å². The number of thiazole rings is 1. The maximum atomic E-state index is 5.69. The van der Waals surface area contributed by atoms with Gasteiger partial charge >= 0.3 is 0 Å². The van der Waals surface area contributed by atoms with Crippen LogP contribution in [0, 0.1) is 6.92 Å². The topological polar surface area (TPSA) is 48.1 Å². The summed E-state index contributed by atoms with van der Waals surface area (Å²) in [5.74, 6) is 0.743. The van der Waals surface area contributed by atoms with Crippen LogP contribution in [0.3, 0.4) is 0 Å². The molecule has 0 spiro atoms. The van der Waals surface area contributed by atoms with Gasteiger partial charge in [-0.25, -0.2) is 4.98 Å². The van der Waals surface area contributed by atoms with Crippen LogP contribution in [0.15, 0.2) is 28.1 Å². The first-order valence-corrected chi connectivity index (χ1v) is 6.41. The van der Waals surface area contributed by atoms with E-state index >= 15 is 0 Å². The highest BCUT2D eigenvalue weighted by Gasteiger charge is 2.04. The monoisotopic (exact) mass is 298 g/mol. The van der Waals surface area contributed by atoms with Crippen LogP contribution in [0.25, 0.3) is 0 Å². The molecule has 0 fully saturated rings. The first-order chi connectivity index (χ1) is 7.65. The smallest absolute Gasteiger partial charge is 0.140 e. The number of hydrogen-bond acceptors (Lipinski definition) is 4. The number of aromatic nitrogens is 1. The number of benzene rings is 1. The average molecular weight is 299 g/mol. The van der Waals surface area contributed by atoms with Gasteiger partial charge in [0.1, 0.15) is 17.4 Å². The Morgan fingerprint density at radius 2 is 2.31 bits per heavy atom. The number of nitrogen functional groups attached to an aromatic ring is 1. The standard InChI is InChI=1S/C11H11BrN2OS/c1-7-6-16-11(14-7)5-15-10-4-8(13)2-3-9(10)12/h2-4,6H,5,13H2,1H3. The maximum Gasteiger partial charge on any atom is 0.140 e. The third-order valence-corrected chi connectivity index (χ3v) is 3.57. The summed E-state index contributed by atoms with van der Waals surface area (Å²) in [6, 6.07) is 5.49. The molecule has 0 aliphatic rings. The van der Waals surface area contributed by atoms with E-state index in [1.54, 1.807) is 17.4 Å². The lowest BCUT2D eigenvalue weighted by Gasteiger charge is -2.07. The zero-order valence-corrected chi connectivity index (χ0v) is 11.1. The highest BCUT2D eigenvalue weighted by Crippen LogP contribution is 2.28. The van der Waals surface area contributed by atoms with Gasteiger partial charge in [0.25, 0.3) is 0 Å². The van der Waals surface area contributed by atoms with E-state index in [4.69, 9.17) is 10.5 Å². The first-order valence-electron chi connectivity index (χ1n) is 4.74. The molecule has 2 rings (SSSR count). The minimum Gasteiger partial charge on any atom is -0.485 e. The molecule has 0 radical (unpaired) electrons. The van der Waals surface area contributed by atoms with Gasteiger partial charge in [0.2, 0.25) is 0 Å². The van der Waals surface area contributed by atoms with E-state index in [1.807, 2.05) is 24.4 Å². The second-order valence-electron chi connectivity index (χ2n) is 3.36. The van der Waals surface area contributed by atoms with Crippen molar-refractivity contribution >= 4 is 33.0 Å². The molecule has 0 aliphatic carbocycles. The zero-order valence-electron chi connectivity index (χ0n) is 8.74. The fourth-order valence-corrected chi connectivity index (χ4v) is 2.28. The van der Waals surface area contributed by atoms with Crippen molar-refractivity contribution in [3.63, 3.8) is 0 Å². The predicted octanol–water partition coefficient (Wildman–Crippen LogP) is 3.38. The van der Waals surface area contributed by atoms with E-state index < -0.39 is 0 Å². The van der Waals surface area contributed by atoms with Crippen LogP contribution in [0.2, 0.25) is 0 Å². The molecule has 1 aromatic heterocycles. The third kappa shape index (κ3) is 2.74. The molecule has 16 heavy (non-hydrogen) atoms. The Kier molecular flexibility index (Phi) is 3.46. The fraction of sp³-hybridized carbons (Fsp3) is 0.182. The second-order valence-corrected chi connectivity index (χ2v) is 5.16. The molecule has 2 aromatic rings. The maximum absolute atomic E-state index is 5.69. The Morgan fingerprint density at radius 3 is 3.00 bits per heavy atom. The molecule has 1 heterocycles. The Bertz CT molecular complexity index is 498. The lowest BCUT2D eigenvalue weighted by Crippen LogP contribution is -1.96. The Balaban J connectivity index is 2.07. The van der Waals surface area contributed by atoms with Gasteiger partial charge < -0.3 is 10.5 Å². The van der Waals surface area contributed by atoms with Crippen LogP contribution in [-0.2, 0) is 6.61 Å². The second kappa shape index (κ2) is 4.84. The molecule has 1 aromatic carbocycles. The molecule has 5 heteroatoms. The van der Waals surface area contributed by atoms with Crippen LogP contribution in [0.1, 0.15) is 10.7 Å². The van der Waals surface area contributed by atoms with Crippen molar-refractivity contribution in [2.75, 3.05) is 5.73 Å². The molecule has 0 amide bonds. The van der Waals surface area contributed by atoms with Gasteiger partial charge in [-0.15, -0.1) is 11.3 Å². The summed E-state index contributed by atoms with van der Waals surface area (Å²) in [5, 5.41) is 2.97. The SMILES string of the molecule is Cc1csc(COc2cc(N)ccc2Br)n1. The van der Waals surface area contributed by atoms with Crippen molar-refractivity contribution in [2.45, 2.75) is 13.5 Å². The van der Waals surface area contributed by atoms with Crippen molar-refractivity contribution in [3.8, 4) is 5.75 Å². The van der Waals surface area contributed by atoms with Crippen molar-refractivity contribution in [2.24, 2.45) is 0 Å². The number of rotatable bonds is 3. The van der Waals surface area contributed by atoms with Gasteiger partial charge in [-0.05, 0) is 35.0 Å². The Morgan fingerprint density at radius 1 is 1.50 bits per heavy atom. The number of ether oxygens (including phenoxy) is 1. The number of aryl methyl sites for hydroxylation is 1. The largest absolute Gasteiger partial charge is 0.485 e. The number of anilines is 1. The highest BCUT2D eigenvalue weighted by molar-refractivity contribution is 9.10. The van der Waals surface area contributed by atoms with E-state index in [0.717, 1.165) is 20.9 Å². The van der Waals surface area contributed by atoms with Crippen LogP contribution in [0.5, 0.6) is 5.75 Å². The quantitative estimate of drug-likeness (QED) is 0.884. The molecule has 3 nitrogen and oxygen atoms in total. The van der Waals surface area contributed by atoms with Crippen molar-refractivity contribution < 1.29 is 4.74 Å². The predicted molar refractivity (Wildman–Crippen MR) is 69.7 cm³/mol. The van der Waals surface area contributed by atoms with Gasteiger partial charge in [0.15, 0.2) is 0 Å². The van der Waals surface area contributed by atoms with Gasteiger partial charge in [0, 0.05) is 22.8 Å². The van der Waals surface area contributed by atoms with Gasteiger partial charge in [-0.1, -0.05) is 0 Å². The Labute approximate surface area is 106 Å². The summed E-state index contributed by atoms with van der Waals surface area (Å²) in [6.07, 6.45) is 0. The lowest BCUT2D eigenvalue weighted by atomic mass is 10.3. The zero-order chi connectivity index (χ0) is 11.5.